The molecule has 0 fully saturated rings. The van der Waals surface area contributed by atoms with Crippen molar-refractivity contribution in [1.29, 1.82) is 0 Å². The Labute approximate surface area is 153 Å². The summed E-state index contributed by atoms with van der Waals surface area (Å²) >= 11 is -3.05. The molecule has 0 bridgehead atoms. The average Bonchev–Trinajstić information content (AvgIpc) is 2.66. The first-order chi connectivity index (χ1) is 10.2. The zero-order valence-electron chi connectivity index (χ0n) is 16.1. The quantitative estimate of drug-likeness (QED) is 0.382. The summed E-state index contributed by atoms with van der Waals surface area (Å²) in [5.74, 6) is 0. The van der Waals surface area contributed by atoms with E-state index in [1.165, 1.54) is 41.8 Å². The first kappa shape index (κ1) is 19.5. The molecule has 133 valence electrons. The minimum atomic E-state index is -3.05. The van der Waals surface area contributed by atoms with E-state index in [2.05, 4.69) is 69.2 Å². The summed E-state index contributed by atoms with van der Waals surface area (Å²) in [6, 6.07) is 0. The van der Waals surface area contributed by atoms with E-state index in [-0.39, 0.29) is 10.8 Å². The molecule has 0 nitrogen and oxygen atoms in total. The van der Waals surface area contributed by atoms with Gasteiger partial charge in [-0.05, 0) is 0 Å². The Kier molecular flexibility index (Phi) is 4.73. The van der Waals surface area contributed by atoms with Gasteiger partial charge in [0.1, 0.15) is 0 Å². The molecule has 0 atom stereocenters. The zero-order chi connectivity index (χ0) is 18.1. The van der Waals surface area contributed by atoms with E-state index in [1.807, 2.05) is 0 Å². The van der Waals surface area contributed by atoms with E-state index in [0.717, 1.165) is 0 Å². The molecule has 0 saturated carbocycles. The molecule has 0 unspecified atom stereocenters. The fraction of sp³-hybridized carbons (Fsp3) is 0.600. The van der Waals surface area contributed by atoms with Crippen LogP contribution in [0.15, 0.2) is 41.8 Å². The Balaban J connectivity index is 2.72. The first-order valence-electron chi connectivity index (χ1n) is 8.09. The Morgan fingerprint density at radius 2 is 0.826 bits per heavy atom. The number of rotatable bonds is 2. The fourth-order valence-corrected chi connectivity index (χ4v) is 15.7. The van der Waals surface area contributed by atoms with Gasteiger partial charge >= 0.3 is 154 Å². The van der Waals surface area contributed by atoms with Gasteiger partial charge in [0.25, 0.3) is 0 Å². The summed E-state index contributed by atoms with van der Waals surface area (Å²) in [7, 11) is 14.7. The van der Waals surface area contributed by atoms with Gasteiger partial charge < -0.3 is 0 Å². The molecule has 2 aliphatic rings. The SMILES string of the molecule is CC1=C(C)C(C)(C)[C]([Rh]([Cl])([Cl])[C]2=C(C)C(C)=C(C)C2(C)C)=C1C. The third-order valence-corrected chi connectivity index (χ3v) is 14.5. The van der Waals surface area contributed by atoms with E-state index < -0.39 is 12.8 Å². The molecule has 0 aromatic rings. The van der Waals surface area contributed by atoms with Gasteiger partial charge in [-0.15, -0.1) is 0 Å². The van der Waals surface area contributed by atoms with Gasteiger partial charge in [-0.25, -0.2) is 0 Å². The molecule has 0 aliphatic heterocycles. The van der Waals surface area contributed by atoms with Crippen LogP contribution in [-0.2, 0) is 12.8 Å². The molecule has 0 saturated heterocycles. The van der Waals surface area contributed by atoms with Crippen LogP contribution in [0.25, 0.3) is 0 Å². The summed E-state index contributed by atoms with van der Waals surface area (Å²) in [6.07, 6.45) is 0. The van der Waals surface area contributed by atoms with E-state index in [0.29, 0.717) is 0 Å². The van der Waals surface area contributed by atoms with Gasteiger partial charge in [-0.3, -0.25) is 0 Å². The van der Waals surface area contributed by atoms with Crippen LogP contribution < -0.4 is 0 Å². The van der Waals surface area contributed by atoms with Gasteiger partial charge in [0.2, 0.25) is 0 Å². The topological polar surface area (TPSA) is 0 Å². The zero-order valence-corrected chi connectivity index (χ0v) is 19.2. The predicted octanol–water partition coefficient (Wildman–Crippen LogP) is 7.75. The van der Waals surface area contributed by atoms with Crippen molar-refractivity contribution in [1.82, 2.24) is 0 Å². The van der Waals surface area contributed by atoms with Crippen molar-refractivity contribution in [2.45, 2.75) is 69.2 Å². The van der Waals surface area contributed by atoms with Gasteiger partial charge in [-0.2, -0.15) is 0 Å². The van der Waals surface area contributed by atoms with Crippen molar-refractivity contribution in [3.8, 4) is 0 Å². The first-order valence-corrected chi connectivity index (χ1v) is 13.9. The molecule has 2 aliphatic carbocycles. The molecule has 23 heavy (non-hydrogen) atoms. The Hall–Kier alpha value is 0.163. The van der Waals surface area contributed by atoms with E-state index in [4.69, 9.17) is 19.4 Å². The van der Waals surface area contributed by atoms with Gasteiger partial charge in [0.15, 0.2) is 0 Å². The molecule has 0 amide bonds. The summed E-state index contributed by atoms with van der Waals surface area (Å²) < 4.78 is 2.61. The number of halogens is 2. The fourth-order valence-electron chi connectivity index (χ4n) is 3.98. The standard InChI is InChI=1S/2C10H15.2ClH.Rh/c2*1-7-6-10(4,5)9(3)8(7)2;;;/h2*1-5H3;2*1H;/q;;;;+2/p-2. The minimum absolute atomic E-state index is 0.0485. The molecule has 0 radical (unpaired) electrons. The third-order valence-electron chi connectivity index (χ3n) is 6.21. The van der Waals surface area contributed by atoms with Crippen LogP contribution in [0.1, 0.15) is 69.2 Å². The number of hydrogen-bond donors (Lipinski definition) is 0. The summed E-state index contributed by atoms with van der Waals surface area (Å²) in [5.41, 5.74) is 8.08. The van der Waals surface area contributed by atoms with Crippen LogP contribution in [0, 0.1) is 10.8 Å². The monoisotopic (exact) mass is 443 g/mol. The average molecular weight is 444 g/mol. The molecule has 0 heterocycles. The van der Waals surface area contributed by atoms with Crippen LogP contribution in [0.4, 0.5) is 0 Å². The molecule has 0 aromatic heterocycles. The van der Waals surface area contributed by atoms with Gasteiger partial charge in [-0.1, -0.05) is 0 Å². The molecule has 0 aromatic carbocycles. The van der Waals surface area contributed by atoms with Gasteiger partial charge in [0, 0.05) is 0 Å². The normalized spacial score (nSPS) is 25.2. The molecule has 3 heteroatoms. The van der Waals surface area contributed by atoms with Crippen molar-refractivity contribution < 1.29 is 12.8 Å². The maximum atomic E-state index is 7.33. The van der Waals surface area contributed by atoms with Crippen LogP contribution >= 0.6 is 19.4 Å². The maximum absolute atomic E-state index is 7.33. The molecular formula is C20H30Cl2Rh. The summed E-state index contributed by atoms with van der Waals surface area (Å²) in [6.45, 7) is 22.4. The van der Waals surface area contributed by atoms with Crippen molar-refractivity contribution in [2.75, 3.05) is 0 Å². The van der Waals surface area contributed by atoms with Crippen molar-refractivity contribution in [3.63, 3.8) is 0 Å². The predicted molar refractivity (Wildman–Crippen MR) is 101 cm³/mol. The molecular weight excluding hydrogens is 414 g/mol. The Morgan fingerprint density at radius 3 is 1.00 bits per heavy atom. The van der Waals surface area contributed by atoms with E-state index in [1.54, 1.807) is 0 Å². The van der Waals surface area contributed by atoms with Crippen LogP contribution in [0.5, 0.6) is 0 Å². The van der Waals surface area contributed by atoms with E-state index in [9.17, 15) is 0 Å². The third kappa shape index (κ3) is 2.49. The summed E-state index contributed by atoms with van der Waals surface area (Å²) in [4.78, 5) is 0. The van der Waals surface area contributed by atoms with Crippen LogP contribution in [0.2, 0.25) is 0 Å². The van der Waals surface area contributed by atoms with Crippen molar-refractivity contribution in [2.24, 2.45) is 10.8 Å². The number of hydrogen-bond acceptors (Lipinski definition) is 0. The van der Waals surface area contributed by atoms with Crippen molar-refractivity contribution in [3.05, 3.63) is 41.8 Å². The molecule has 2 rings (SSSR count). The second kappa shape index (κ2) is 5.58. The summed E-state index contributed by atoms with van der Waals surface area (Å²) in [5, 5.41) is 0. The van der Waals surface area contributed by atoms with Crippen LogP contribution in [-0.4, -0.2) is 0 Å². The van der Waals surface area contributed by atoms with Crippen molar-refractivity contribution >= 4 is 19.4 Å². The number of allylic oxidation sites excluding steroid dienone is 8. The van der Waals surface area contributed by atoms with Gasteiger partial charge in [0.05, 0.1) is 0 Å². The Morgan fingerprint density at radius 1 is 0.565 bits per heavy atom. The van der Waals surface area contributed by atoms with Crippen LogP contribution in [0.3, 0.4) is 0 Å². The second-order valence-electron chi connectivity index (χ2n) is 7.97. The Bertz CT molecular complexity index is 650. The molecule has 0 spiro atoms. The second-order valence-corrected chi connectivity index (χ2v) is 16.7. The van der Waals surface area contributed by atoms with E-state index >= 15 is 0 Å². The molecule has 0 N–H and O–H groups in total.